The summed E-state index contributed by atoms with van der Waals surface area (Å²) in [6.07, 6.45) is 7.66. The van der Waals surface area contributed by atoms with Crippen LogP contribution in [0, 0.1) is 5.82 Å². The Morgan fingerprint density at radius 1 is 1.00 bits per heavy atom. The number of imidazole rings is 1. The highest BCUT2D eigenvalue weighted by Crippen LogP contribution is 2.21. The Morgan fingerprint density at radius 3 is 2.52 bits per heavy atom. The first kappa shape index (κ1) is 19.0. The van der Waals surface area contributed by atoms with Crippen LogP contribution in [0.25, 0.3) is 0 Å². The summed E-state index contributed by atoms with van der Waals surface area (Å²) < 4.78 is 26.5. The van der Waals surface area contributed by atoms with Crippen molar-refractivity contribution in [3.05, 3.63) is 78.6 Å². The molecule has 1 saturated heterocycles. The van der Waals surface area contributed by atoms with Gasteiger partial charge in [0.2, 0.25) is 0 Å². The molecule has 0 aliphatic carbocycles. The number of nitrogens with zero attached hydrogens (tertiary/aromatic N) is 4. The van der Waals surface area contributed by atoms with Gasteiger partial charge in [-0.3, -0.25) is 9.58 Å². The largest absolute Gasteiger partial charge is 0.490 e. The van der Waals surface area contributed by atoms with Crippen molar-refractivity contribution in [3.8, 4) is 11.5 Å². The number of rotatable bonds is 7. The molecule has 1 aliphatic heterocycles. The molecule has 29 heavy (non-hydrogen) atoms. The molecule has 1 aliphatic rings. The fourth-order valence-corrected chi connectivity index (χ4v) is 3.18. The molecule has 0 bridgehead atoms. The Bertz CT molecular complexity index is 936. The molecule has 0 radical (unpaired) electrons. The summed E-state index contributed by atoms with van der Waals surface area (Å²) in [5.41, 5.74) is 0.888. The molecule has 0 N–H and O–H groups in total. The summed E-state index contributed by atoms with van der Waals surface area (Å²) in [5, 5.41) is 6.95. The number of hydrogen-bond donors (Lipinski definition) is 0. The molecule has 0 amide bonds. The molecule has 6 nitrogen and oxygen atoms in total. The van der Waals surface area contributed by atoms with Gasteiger partial charge in [0, 0.05) is 25.5 Å². The van der Waals surface area contributed by atoms with Crippen LogP contribution in [0.5, 0.6) is 11.5 Å². The molecular formula is C22H23FN4O2. The quantitative estimate of drug-likeness (QED) is 0.348. The molecule has 1 fully saturated rings. The van der Waals surface area contributed by atoms with Crippen molar-refractivity contribution in [2.75, 3.05) is 26.3 Å². The average Bonchev–Trinajstić information content (AvgIpc) is 3.45. The third-order valence-electron chi connectivity index (χ3n) is 4.62. The van der Waals surface area contributed by atoms with Crippen molar-refractivity contribution >= 4 is 5.84 Å². The zero-order valence-electron chi connectivity index (χ0n) is 16.1. The van der Waals surface area contributed by atoms with E-state index >= 15 is 0 Å². The van der Waals surface area contributed by atoms with Gasteiger partial charge in [0.1, 0.15) is 36.9 Å². The number of ether oxygens (including phenoxy) is 2. The van der Waals surface area contributed by atoms with E-state index in [1.165, 1.54) is 12.1 Å². The van der Waals surface area contributed by atoms with Crippen molar-refractivity contribution < 1.29 is 13.9 Å². The number of hydrazone groups is 1. The number of aromatic nitrogens is 2. The lowest BCUT2D eigenvalue weighted by molar-refractivity contribution is 0.216. The van der Waals surface area contributed by atoms with Gasteiger partial charge in [-0.05, 0) is 49.2 Å². The van der Waals surface area contributed by atoms with Gasteiger partial charge in [0.25, 0.3) is 0 Å². The Balaban J connectivity index is 1.47. The van der Waals surface area contributed by atoms with Gasteiger partial charge in [-0.25, -0.2) is 9.37 Å². The predicted octanol–water partition coefficient (Wildman–Crippen LogP) is 3.79. The molecule has 4 rings (SSSR count). The lowest BCUT2D eigenvalue weighted by Gasteiger charge is -2.17. The molecule has 1 aromatic heterocycles. The maximum atomic E-state index is 13.0. The van der Waals surface area contributed by atoms with E-state index in [1.807, 2.05) is 35.0 Å². The van der Waals surface area contributed by atoms with Crippen LogP contribution in [0.2, 0.25) is 0 Å². The van der Waals surface area contributed by atoms with Gasteiger partial charge in [-0.15, -0.1) is 0 Å². The Hall–Kier alpha value is -3.35. The van der Waals surface area contributed by atoms with Crippen molar-refractivity contribution in [1.29, 1.82) is 0 Å². The highest BCUT2D eigenvalue weighted by molar-refractivity contribution is 6.02. The Labute approximate surface area is 169 Å². The van der Waals surface area contributed by atoms with Crippen LogP contribution in [0.1, 0.15) is 18.4 Å². The van der Waals surface area contributed by atoms with Gasteiger partial charge in [-0.1, -0.05) is 12.1 Å². The molecule has 7 heteroatoms. The van der Waals surface area contributed by atoms with E-state index in [0.29, 0.717) is 19.0 Å². The van der Waals surface area contributed by atoms with Gasteiger partial charge in [0.15, 0.2) is 5.84 Å². The molecule has 0 atom stereocenters. The number of hydrogen-bond acceptors (Lipinski definition) is 5. The van der Waals surface area contributed by atoms with Crippen LogP contribution in [0.4, 0.5) is 4.39 Å². The van der Waals surface area contributed by atoms with E-state index in [1.54, 1.807) is 24.7 Å². The second-order valence-electron chi connectivity index (χ2n) is 6.70. The first-order valence-corrected chi connectivity index (χ1v) is 9.72. The standard InChI is InChI=1S/C22H23FN4O2/c23-18-7-9-19(10-8-18)28-15-16-29-21-6-2-1-5-20(21)22(26-14-11-24-17-26)25-27-12-3-4-13-27/h1-2,5-11,14,17H,3-4,12-13,15-16H2. The van der Waals surface area contributed by atoms with E-state index in [-0.39, 0.29) is 5.82 Å². The summed E-state index contributed by atoms with van der Waals surface area (Å²) in [5.74, 6) is 1.83. The average molecular weight is 394 g/mol. The van der Waals surface area contributed by atoms with Crippen LogP contribution in [0.15, 0.2) is 72.4 Å². The number of benzene rings is 2. The van der Waals surface area contributed by atoms with Crippen LogP contribution in [-0.2, 0) is 0 Å². The van der Waals surface area contributed by atoms with Crippen molar-refractivity contribution in [1.82, 2.24) is 14.6 Å². The topological polar surface area (TPSA) is 51.9 Å². The Morgan fingerprint density at radius 2 is 1.76 bits per heavy atom. The monoisotopic (exact) mass is 394 g/mol. The van der Waals surface area contributed by atoms with Crippen LogP contribution >= 0.6 is 0 Å². The number of halogens is 1. The van der Waals surface area contributed by atoms with Crippen LogP contribution in [0.3, 0.4) is 0 Å². The summed E-state index contributed by atoms with van der Waals surface area (Å²) in [7, 11) is 0. The normalized spacial score (nSPS) is 14.2. The zero-order chi connectivity index (χ0) is 19.9. The molecule has 0 saturated carbocycles. The smallest absolute Gasteiger partial charge is 0.169 e. The molecule has 3 aromatic rings. The SMILES string of the molecule is Fc1ccc(OCCOc2ccccc2C(=NN2CCCC2)n2ccnc2)cc1. The molecule has 150 valence electrons. The summed E-state index contributed by atoms with van der Waals surface area (Å²) in [6.45, 7) is 2.61. The maximum absolute atomic E-state index is 13.0. The third kappa shape index (κ3) is 4.93. The van der Waals surface area contributed by atoms with Crippen LogP contribution < -0.4 is 9.47 Å². The minimum absolute atomic E-state index is 0.285. The fourth-order valence-electron chi connectivity index (χ4n) is 3.18. The molecule has 0 spiro atoms. The van der Waals surface area contributed by atoms with Crippen molar-refractivity contribution in [2.24, 2.45) is 5.10 Å². The van der Waals surface area contributed by atoms with Gasteiger partial charge >= 0.3 is 0 Å². The highest BCUT2D eigenvalue weighted by atomic mass is 19.1. The fraction of sp³-hybridized carbons (Fsp3) is 0.273. The van der Waals surface area contributed by atoms with Gasteiger partial charge in [0.05, 0.1) is 5.56 Å². The predicted molar refractivity (Wildman–Crippen MR) is 109 cm³/mol. The molecular weight excluding hydrogens is 371 g/mol. The molecule has 2 heterocycles. The highest BCUT2D eigenvalue weighted by Gasteiger charge is 2.16. The first-order chi connectivity index (χ1) is 14.3. The third-order valence-corrected chi connectivity index (χ3v) is 4.62. The van der Waals surface area contributed by atoms with E-state index in [9.17, 15) is 4.39 Å². The van der Waals surface area contributed by atoms with Gasteiger partial charge < -0.3 is 9.47 Å². The second kappa shape index (κ2) is 9.23. The Kier molecular flexibility index (Phi) is 6.04. The summed E-state index contributed by atoms with van der Waals surface area (Å²) in [6, 6.07) is 13.8. The van der Waals surface area contributed by atoms with E-state index in [2.05, 4.69) is 9.99 Å². The van der Waals surface area contributed by atoms with E-state index < -0.39 is 0 Å². The first-order valence-electron chi connectivity index (χ1n) is 9.72. The minimum Gasteiger partial charge on any atom is -0.490 e. The van der Waals surface area contributed by atoms with Crippen LogP contribution in [-0.4, -0.2) is 46.7 Å². The molecule has 0 unspecified atom stereocenters. The second-order valence-corrected chi connectivity index (χ2v) is 6.70. The minimum atomic E-state index is -0.285. The van der Waals surface area contributed by atoms with Gasteiger partial charge in [-0.2, -0.15) is 5.10 Å². The van der Waals surface area contributed by atoms with Crippen molar-refractivity contribution in [3.63, 3.8) is 0 Å². The lowest BCUT2D eigenvalue weighted by atomic mass is 10.2. The maximum Gasteiger partial charge on any atom is 0.169 e. The summed E-state index contributed by atoms with van der Waals surface area (Å²) in [4.78, 5) is 4.16. The van der Waals surface area contributed by atoms with Crippen molar-refractivity contribution in [2.45, 2.75) is 12.8 Å². The zero-order valence-corrected chi connectivity index (χ0v) is 16.1. The molecule has 2 aromatic carbocycles. The van der Waals surface area contributed by atoms with E-state index in [4.69, 9.17) is 14.6 Å². The number of para-hydroxylation sites is 1. The van der Waals surface area contributed by atoms with E-state index in [0.717, 1.165) is 43.1 Å². The lowest BCUT2D eigenvalue weighted by Crippen LogP contribution is -2.21. The summed E-state index contributed by atoms with van der Waals surface area (Å²) >= 11 is 0.